The van der Waals surface area contributed by atoms with Crippen LogP contribution in [-0.4, -0.2) is 51.7 Å². The van der Waals surface area contributed by atoms with Crippen LogP contribution in [0.2, 0.25) is 0 Å². The van der Waals surface area contributed by atoms with Gasteiger partial charge in [-0.05, 0) is 42.1 Å². The molecule has 3 aromatic rings. The number of aliphatic hydroxyl groups is 1. The number of benzene rings is 1. The number of carbonyl (C=O) groups excluding carboxylic acids is 1. The predicted octanol–water partition coefficient (Wildman–Crippen LogP) is 3.83. The van der Waals surface area contributed by atoms with E-state index in [0.29, 0.717) is 29.2 Å². The molecular formula is C20H18F3N5O2S. The Morgan fingerprint density at radius 1 is 1.16 bits per heavy atom. The number of nitrogens with zero attached hydrogens (tertiary/aromatic N) is 4. The first kappa shape index (κ1) is 22.5. The van der Waals surface area contributed by atoms with Crippen LogP contribution in [0.1, 0.15) is 10.4 Å². The van der Waals surface area contributed by atoms with Gasteiger partial charge in [-0.2, -0.15) is 13.2 Å². The maximum atomic E-state index is 12.7. The van der Waals surface area contributed by atoms with Gasteiger partial charge < -0.3 is 15.3 Å². The quantitative estimate of drug-likeness (QED) is 0.530. The van der Waals surface area contributed by atoms with Crippen LogP contribution in [0.25, 0.3) is 11.1 Å². The van der Waals surface area contributed by atoms with E-state index in [-0.39, 0.29) is 28.8 Å². The number of anilines is 2. The second kappa shape index (κ2) is 9.75. The van der Waals surface area contributed by atoms with E-state index in [4.69, 9.17) is 0 Å². The molecular weight excluding hydrogens is 431 g/mol. The minimum absolute atomic E-state index is 0.0230. The second-order valence-electron chi connectivity index (χ2n) is 6.39. The van der Waals surface area contributed by atoms with E-state index in [0.717, 1.165) is 0 Å². The summed E-state index contributed by atoms with van der Waals surface area (Å²) in [7, 11) is 1.76. The van der Waals surface area contributed by atoms with Crippen molar-refractivity contribution in [1.29, 1.82) is 0 Å². The van der Waals surface area contributed by atoms with Gasteiger partial charge in [0, 0.05) is 53.9 Å². The fraction of sp³-hybridized carbons (Fsp3) is 0.200. The first-order valence-electron chi connectivity index (χ1n) is 9.01. The molecule has 162 valence electrons. The average molecular weight is 449 g/mol. The van der Waals surface area contributed by atoms with Gasteiger partial charge in [-0.1, -0.05) is 0 Å². The minimum Gasteiger partial charge on any atom is -0.395 e. The van der Waals surface area contributed by atoms with Gasteiger partial charge in [0.15, 0.2) is 0 Å². The molecule has 31 heavy (non-hydrogen) atoms. The van der Waals surface area contributed by atoms with Crippen LogP contribution in [0, 0.1) is 0 Å². The summed E-state index contributed by atoms with van der Waals surface area (Å²) in [6.07, 6.45) is 5.93. The third-order valence-corrected chi connectivity index (χ3v) is 4.88. The molecule has 3 rings (SSSR count). The summed E-state index contributed by atoms with van der Waals surface area (Å²) < 4.78 is 37.3. The standard InChI is InChI=1S/C20H18F3N5O2S/c1-28(6-7-29)18-17(14-9-24-12-25-10-14)8-13(11-26-18)19(30)27-15-2-4-16(5-3-15)31-20(21,22)23/h2-5,8-12,29H,6-7H2,1H3,(H,27,30). The smallest absolute Gasteiger partial charge is 0.395 e. The highest BCUT2D eigenvalue weighted by Gasteiger charge is 2.29. The summed E-state index contributed by atoms with van der Waals surface area (Å²) in [4.78, 5) is 26.8. The van der Waals surface area contributed by atoms with Crippen molar-refractivity contribution < 1.29 is 23.1 Å². The SMILES string of the molecule is CN(CCO)c1ncc(C(=O)Nc2ccc(SC(F)(F)F)cc2)cc1-c1cncnc1. The fourth-order valence-corrected chi connectivity index (χ4v) is 3.28. The van der Waals surface area contributed by atoms with E-state index in [2.05, 4.69) is 20.3 Å². The summed E-state index contributed by atoms with van der Waals surface area (Å²) in [6, 6.07) is 6.99. The van der Waals surface area contributed by atoms with Gasteiger partial charge in [0.2, 0.25) is 0 Å². The van der Waals surface area contributed by atoms with Crippen LogP contribution in [0.5, 0.6) is 0 Å². The Morgan fingerprint density at radius 3 is 2.45 bits per heavy atom. The van der Waals surface area contributed by atoms with Crippen LogP contribution < -0.4 is 10.2 Å². The Kier molecular flexibility index (Phi) is 7.08. The summed E-state index contributed by atoms with van der Waals surface area (Å²) in [5, 5.41) is 11.9. The van der Waals surface area contributed by atoms with Crippen LogP contribution >= 0.6 is 11.8 Å². The molecule has 1 aromatic carbocycles. The van der Waals surface area contributed by atoms with Crippen LogP contribution in [0.4, 0.5) is 24.7 Å². The Balaban J connectivity index is 1.84. The molecule has 0 aliphatic rings. The number of thioether (sulfide) groups is 1. The molecule has 0 spiro atoms. The molecule has 2 heterocycles. The van der Waals surface area contributed by atoms with Gasteiger partial charge in [0.1, 0.15) is 12.1 Å². The molecule has 7 nitrogen and oxygen atoms in total. The van der Waals surface area contributed by atoms with Crippen molar-refractivity contribution in [2.75, 3.05) is 30.4 Å². The number of pyridine rings is 1. The predicted molar refractivity (Wildman–Crippen MR) is 112 cm³/mol. The van der Waals surface area contributed by atoms with Crippen molar-refractivity contribution in [3.05, 3.63) is 60.8 Å². The minimum atomic E-state index is -4.38. The van der Waals surface area contributed by atoms with E-state index in [1.54, 1.807) is 30.4 Å². The number of alkyl halides is 3. The number of amides is 1. The molecule has 1 amide bonds. The molecule has 0 radical (unpaired) electrons. The first-order valence-corrected chi connectivity index (χ1v) is 9.83. The maximum Gasteiger partial charge on any atom is 0.446 e. The van der Waals surface area contributed by atoms with Crippen LogP contribution in [-0.2, 0) is 0 Å². The molecule has 0 unspecified atom stereocenters. The Bertz CT molecular complexity index is 1030. The van der Waals surface area contributed by atoms with Crippen molar-refractivity contribution >= 4 is 29.2 Å². The van der Waals surface area contributed by atoms with Gasteiger partial charge >= 0.3 is 5.51 Å². The number of rotatable bonds is 7. The van der Waals surface area contributed by atoms with E-state index in [9.17, 15) is 23.1 Å². The Labute approximate surface area is 180 Å². The number of hydrogen-bond acceptors (Lipinski definition) is 7. The molecule has 0 saturated heterocycles. The molecule has 11 heteroatoms. The average Bonchev–Trinajstić information content (AvgIpc) is 2.74. The molecule has 0 atom stereocenters. The second-order valence-corrected chi connectivity index (χ2v) is 7.53. The van der Waals surface area contributed by atoms with E-state index < -0.39 is 11.4 Å². The lowest BCUT2D eigenvalue weighted by Gasteiger charge is -2.20. The number of nitrogens with one attached hydrogen (secondary N) is 1. The third-order valence-electron chi connectivity index (χ3n) is 4.14. The highest BCUT2D eigenvalue weighted by molar-refractivity contribution is 8.00. The lowest BCUT2D eigenvalue weighted by molar-refractivity contribution is -0.0328. The maximum absolute atomic E-state index is 12.7. The van der Waals surface area contributed by atoms with Crippen molar-refractivity contribution in [3.8, 4) is 11.1 Å². The Hall–Kier alpha value is -3.18. The van der Waals surface area contributed by atoms with Crippen molar-refractivity contribution in [2.45, 2.75) is 10.4 Å². The number of aliphatic hydroxyl groups excluding tert-OH is 1. The molecule has 0 bridgehead atoms. The number of likely N-dealkylation sites (N-methyl/N-ethyl adjacent to an activating group) is 1. The first-order chi connectivity index (χ1) is 14.8. The van der Waals surface area contributed by atoms with Gasteiger partial charge in [0.05, 0.1) is 12.2 Å². The molecule has 2 N–H and O–H groups in total. The lowest BCUT2D eigenvalue weighted by Crippen LogP contribution is -2.23. The van der Waals surface area contributed by atoms with E-state index in [1.807, 2.05) is 0 Å². The number of hydrogen-bond donors (Lipinski definition) is 2. The summed E-state index contributed by atoms with van der Waals surface area (Å²) in [6.45, 7) is 0.259. The highest BCUT2D eigenvalue weighted by Crippen LogP contribution is 2.37. The van der Waals surface area contributed by atoms with E-state index >= 15 is 0 Å². The summed E-state index contributed by atoms with van der Waals surface area (Å²) >= 11 is -0.224. The molecule has 0 aliphatic heterocycles. The zero-order valence-electron chi connectivity index (χ0n) is 16.3. The highest BCUT2D eigenvalue weighted by atomic mass is 32.2. The number of carbonyl (C=O) groups is 1. The molecule has 0 saturated carbocycles. The topological polar surface area (TPSA) is 91.2 Å². The van der Waals surface area contributed by atoms with Crippen molar-refractivity contribution in [2.24, 2.45) is 0 Å². The molecule has 0 aliphatic carbocycles. The number of aromatic nitrogens is 3. The summed E-state index contributed by atoms with van der Waals surface area (Å²) in [5.74, 6) is 0.0621. The fourth-order valence-electron chi connectivity index (χ4n) is 2.74. The van der Waals surface area contributed by atoms with Gasteiger partial charge in [0.25, 0.3) is 5.91 Å². The van der Waals surface area contributed by atoms with Gasteiger partial charge in [-0.15, -0.1) is 0 Å². The van der Waals surface area contributed by atoms with Crippen molar-refractivity contribution in [3.63, 3.8) is 0 Å². The van der Waals surface area contributed by atoms with Crippen LogP contribution in [0.3, 0.4) is 0 Å². The largest absolute Gasteiger partial charge is 0.446 e. The Morgan fingerprint density at radius 2 is 1.84 bits per heavy atom. The molecule has 2 aromatic heterocycles. The normalized spacial score (nSPS) is 11.3. The zero-order chi connectivity index (χ0) is 22.4. The third kappa shape index (κ3) is 6.15. The van der Waals surface area contributed by atoms with Crippen LogP contribution in [0.15, 0.2) is 60.1 Å². The monoisotopic (exact) mass is 449 g/mol. The lowest BCUT2D eigenvalue weighted by atomic mass is 10.1. The van der Waals surface area contributed by atoms with Crippen molar-refractivity contribution in [1.82, 2.24) is 15.0 Å². The zero-order valence-corrected chi connectivity index (χ0v) is 17.1. The van der Waals surface area contributed by atoms with E-state index in [1.165, 1.54) is 36.8 Å². The summed E-state index contributed by atoms with van der Waals surface area (Å²) in [5.41, 5.74) is -2.55. The van der Waals surface area contributed by atoms with Gasteiger partial charge in [-0.25, -0.2) is 15.0 Å². The molecule has 0 fully saturated rings. The van der Waals surface area contributed by atoms with Gasteiger partial charge in [-0.3, -0.25) is 4.79 Å². The number of halogens is 3.